The summed E-state index contributed by atoms with van der Waals surface area (Å²) in [5.41, 5.74) is -0.0620. The van der Waals surface area contributed by atoms with Gasteiger partial charge in [0.25, 0.3) is 0 Å². The van der Waals surface area contributed by atoms with Crippen molar-refractivity contribution in [1.82, 2.24) is 0 Å². The maximum atomic E-state index is 12.0. The van der Waals surface area contributed by atoms with Crippen LogP contribution in [0, 0.1) is 0 Å². The number of carbonyl (C=O) groups is 1. The number of esters is 1. The van der Waals surface area contributed by atoms with Crippen LogP contribution in [0.2, 0.25) is 5.02 Å². The van der Waals surface area contributed by atoms with Crippen LogP contribution in [-0.4, -0.2) is 33.7 Å². The molecule has 0 aromatic heterocycles. The third kappa shape index (κ3) is 4.17. The lowest BCUT2D eigenvalue weighted by atomic mass is 10.2. The maximum absolute atomic E-state index is 12.0. The van der Waals surface area contributed by atoms with E-state index in [1.54, 1.807) is 0 Å². The van der Waals surface area contributed by atoms with Gasteiger partial charge in [0.15, 0.2) is 0 Å². The molecule has 1 aromatic rings. The number of benzene rings is 1. The number of nitrogens with two attached hydrogens (primary N) is 1. The summed E-state index contributed by atoms with van der Waals surface area (Å²) in [7, 11) is -4.04. The van der Waals surface area contributed by atoms with Crippen LogP contribution in [0.25, 0.3) is 0 Å². The minimum absolute atomic E-state index is 0.0620. The normalized spacial score (nSPS) is 18.7. The summed E-state index contributed by atoms with van der Waals surface area (Å²) in [5, 5.41) is 4.81. The van der Waals surface area contributed by atoms with Crippen LogP contribution in [0.1, 0.15) is 23.2 Å². The quantitative estimate of drug-likeness (QED) is 0.783. The highest BCUT2D eigenvalue weighted by atomic mass is 79.9. The van der Waals surface area contributed by atoms with Crippen molar-refractivity contribution in [2.45, 2.75) is 23.8 Å². The van der Waals surface area contributed by atoms with Crippen LogP contribution in [-0.2, 0) is 19.5 Å². The molecule has 0 bridgehead atoms. The second-order valence-corrected chi connectivity index (χ2v) is 7.37. The minimum atomic E-state index is -4.04. The Kier molecular flexibility index (Phi) is 5.26. The largest absolute Gasteiger partial charge is 0.459 e. The predicted molar refractivity (Wildman–Crippen MR) is 79.8 cm³/mol. The van der Waals surface area contributed by atoms with Gasteiger partial charge in [-0.25, -0.2) is 18.4 Å². The molecule has 0 aliphatic carbocycles. The topological polar surface area (TPSA) is 95.7 Å². The SMILES string of the molecule is NS(=O)(=O)c1cc(Br)cc(C(=O)OCC2CCCO2)c1Cl. The molecule has 1 aromatic carbocycles. The Bertz CT molecular complexity index is 658. The molecule has 1 unspecified atom stereocenters. The lowest BCUT2D eigenvalue weighted by molar-refractivity contribution is 0.0161. The molecule has 1 aliphatic rings. The van der Waals surface area contributed by atoms with E-state index in [9.17, 15) is 13.2 Å². The Hall–Kier alpha value is -0.670. The van der Waals surface area contributed by atoms with Gasteiger partial charge in [-0.05, 0) is 25.0 Å². The van der Waals surface area contributed by atoms with E-state index in [-0.39, 0.29) is 28.2 Å². The fraction of sp³-hybridized carbons (Fsp3) is 0.417. The van der Waals surface area contributed by atoms with Crippen LogP contribution in [0.15, 0.2) is 21.5 Å². The zero-order valence-electron chi connectivity index (χ0n) is 10.8. The number of hydrogen-bond acceptors (Lipinski definition) is 5. The Morgan fingerprint density at radius 3 is 2.81 bits per heavy atom. The molecule has 0 spiro atoms. The molecule has 9 heteroatoms. The standard InChI is InChI=1S/C12H13BrClNO5S/c13-7-4-9(11(14)10(5-7)21(15,17)18)12(16)20-6-8-2-1-3-19-8/h4-5,8H,1-3,6H2,(H2,15,17,18). The van der Waals surface area contributed by atoms with E-state index < -0.39 is 16.0 Å². The second kappa shape index (κ2) is 6.62. The van der Waals surface area contributed by atoms with Gasteiger partial charge in [-0.2, -0.15) is 0 Å². The number of primary sulfonamides is 1. The van der Waals surface area contributed by atoms with Crippen molar-refractivity contribution in [3.8, 4) is 0 Å². The van der Waals surface area contributed by atoms with Crippen molar-refractivity contribution < 1.29 is 22.7 Å². The van der Waals surface area contributed by atoms with Crippen LogP contribution in [0.5, 0.6) is 0 Å². The summed E-state index contributed by atoms with van der Waals surface area (Å²) in [4.78, 5) is 11.7. The lowest BCUT2D eigenvalue weighted by Gasteiger charge is -2.12. The van der Waals surface area contributed by atoms with Crippen molar-refractivity contribution in [3.05, 3.63) is 27.2 Å². The molecule has 1 heterocycles. The van der Waals surface area contributed by atoms with Crippen molar-refractivity contribution in [2.75, 3.05) is 13.2 Å². The average molecular weight is 399 g/mol. The van der Waals surface area contributed by atoms with Crippen LogP contribution < -0.4 is 5.14 Å². The molecule has 1 aliphatic heterocycles. The minimum Gasteiger partial charge on any atom is -0.459 e. The van der Waals surface area contributed by atoms with E-state index >= 15 is 0 Å². The number of ether oxygens (including phenoxy) is 2. The van der Waals surface area contributed by atoms with Crippen LogP contribution in [0.4, 0.5) is 0 Å². The first-order valence-electron chi connectivity index (χ1n) is 6.09. The van der Waals surface area contributed by atoms with Crippen molar-refractivity contribution in [3.63, 3.8) is 0 Å². The zero-order valence-corrected chi connectivity index (χ0v) is 14.0. The molecule has 0 amide bonds. The van der Waals surface area contributed by atoms with E-state index in [1.165, 1.54) is 12.1 Å². The van der Waals surface area contributed by atoms with E-state index in [0.717, 1.165) is 12.8 Å². The van der Waals surface area contributed by atoms with Crippen molar-refractivity contribution >= 4 is 43.5 Å². The zero-order chi connectivity index (χ0) is 15.6. The van der Waals surface area contributed by atoms with Crippen LogP contribution >= 0.6 is 27.5 Å². The Morgan fingerprint density at radius 2 is 2.24 bits per heavy atom. The third-order valence-electron chi connectivity index (χ3n) is 2.95. The number of rotatable bonds is 4. The molecule has 21 heavy (non-hydrogen) atoms. The summed E-state index contributed by atoms with van der Waals surface area (Å²) in [6.45, 7) is 0.752. The summed E-state index contributed by atoms with van der Waals surface area (Å²) in [6.07, 6.45) is 1.62. The highest BCUT2D eigenvalue weighted by Gasteiger charge is 2.23. The molecule has 0 radical (unpaired) electrons. The monoisotopic (exact) mass is 397 g/mol. The van der Waals surface area contributed by atoms with Gasteiger partial charge in [-0.15, -0.1) is 0 Å². The molecule has 2 rings (SSSR count). The smallest absolute Gasteiger partial charge is 0.339 e. The Morgan fingerprint density at radius 1 is 1.52 bits per heavy atom. The fourth-order valence-electron chi connectivity index (χ4n) is 1.94. The lowest BCUT2D eigenvalue weighted by Crippen LogP contribution is -2.19. The van der Waals surface area contributed by atoms with Gasteiger partial charge in [0, 0.05) is 11.1 Å². The first-order chi connectivity index (χ1) is 9.79. The molecule has 0 saturated carbocycles. The van der Waals surface area contributed by atoms with Crippen molar-refractivity contribution in [1.29, 1.82) is 0 Å². The molecule has 1 atom stereocenters. The van der Waals surface area contributed by atoms with Gasteiger partial charge in [-0.3, -0.25) is 0 Å². The molecule has 2 N–H and O–H groups in total. The van der Waals surface area contributed by atoms with Gasteiger partial charge < -0.3 is 9.47 Å². The van der Waals surface area contributed by atoms with Gasteiger partial charge in [0.05, 0.1) is 16.7 Å². The highest BCUT2D eigenvalue weighted by molar-refractivity contribution is 9.10. The number of hydrogen-bond donors (Lipinski definition) is 1. The van der Waals surface area contributed by atoms with Gasteiger partial charge in [0.1, 0.15) is 11.5 Å². The molecule has 1 fully saturated rings. The molecular weight excluding hydrogens is 386 g/mol. The van der Waals surface area contributed by atoms with E-state index in [4.69, 9.17) is 26.2 Å². The van der Waals surface area contributed by atoms with Gasteiger partial charge in [0.2, 0.25) is 10.0 Å². The van der Waals surface area contributed by atoms with E-state index in [0.29, 0.717) is 11.1 Å². The maximum Gasteiger partial charge on any atom is 0.339 e. The van der Waals surface area contributed by atoms with E-state index in [2.05, 4.69) is 15.9 Å². The predicted octanol–water partition coefficient (Wildman–Crippen LogP) is 2.09. The molecule has 116 valence electrons. The highest BCUT2D eigenvalue weighted by Crippen LogP contribution is 2.29. The van der Waals surface area contributed by atoms with Gasteiger partial charge in [-0.1, -0.05) is 27.5 Å². The summed E-state index contributed by atoms with van der Waals surface area (Å²) < 4.78 is 33.7. The Labute approximate surface area is 135 Å². The first kappa shape index (κ1) is 16.7. The summed E-state index contributed by atoms with van der Waals surface area (Å²) in [6, 6.07) is 2.61. The number of halogens is 2. The van der Waals surface area contributed by atoms with Crippen molar-refractivity contribution in [2.24, 2.45) is 5.14 Å². The second-order valence-electron chi connectivity index (χ2n) is 4.54. The number of carbonyl (C=O) groups excluding carboxylic acids is 1. The molecule has 6 nitrogen and oxygen atoms in total. The molecule has 1 saturated heterocycles. The summed E-state index contributed by atoms with van der Waals surface area (Å²) >= 11 is 9.06. The average Bonchev–Trinajstić information content (AvgIpc) is 2.90. The third-order valence-corrected chi connectivity index (χ3v) is 4.87. The summed E-state index contributed by atoms with van der Waals surface area (Å²) in [5.74, 6) is -0.721. The van der Waals surface area contributed by atoms with E-state index in [1.807, 2.05) is 0 Å². The fourth-order valence-corrected chi connectivity index (χ4v) is 3.71. The first-order valence-corrected chi connectivity index (χ1v) is 8.81. The van der Waals surface area contributed by atoms with Crippen LogP contribution in [0.3, 0.4) is 0 Å². The Balaban J connectivity index is 2.22. The van der Waals surface area contributed by atoms with Gasteiger partial charge >= 0.3 is 5.97 Å². The molecular formula is C12H13BrClNO5S. The number of sulfonamides is 1.